The van der Waals surface area contributed by atoms with E-state index < -0.39 is 0 Å². The Bertz CT molecular complexity index is 1030. The zero-order valence-corrected chi connectivity index (χ0v) is 26.1. The van der Waals surface area contributed by atoms with Crippen LogP contribution in [-0.4, -0.2) is 30.5 Å². The van der Waals surface area contributed by atoms with Crippen LogP contribution in [0.4, 0.5) is 10.5 Å². The summed E-state index contributed by atoms with van der Waals surface area (Å²) in [7, 11) is 1.66. The first-order chi connectivity index (χ1) is 19.6. The minimum Gasteiger partial charge on any atom is -0.492 e. The van der Waals surface area contributed by atoms with E-state index >= 15 is 0 Å². The molecule has 3 rings (SSSR count). The molecule has 0 saturated carbocycles. The molecular formula is C33H48ClN3O2S. The Morgan fingerprint density at radius 2 is 1.55 bits per heavy atom. The van der Waals surface area contributed by atoms with Gasteiger partial charge in [-0.25, -0.2) is 4.79 Å². The summed E-state index contributed by atoms with van der Waals surface area (Å²) in [6, 6.07) is 13.8. The van der Waals surface area contributed by atoms with Gasteiger partial charge in [0.2, 0.25) is 0 Å². The molecule has 220 valence electrons. The highest BCUT2D eigenvalue weighted by Crippen LogP contribution is 2.28. The molecule has 0 atom stereocenters. The van der Waals surface area contributed by atoms with E-state index in [0.717, 1.165) is 30.1 Å². The minimum absolute atomic E-state index is 0.152. The average Bonchev–Trinajstić information content (AvgIpc) is 3.49. The molecule has 0 aromatic heterocycles. The number of nitrogens with zero attached hydrogens (tertiary/aromatic N) is 2. The Kier molecular flexibility index (Phi) is 15.2. The average molecular weight is 586 g/mol. The number of thioether (sulfide) groups is 1. The number of amides is 2. The van der Waals surface area contributed by atoms with Gasteiger partial charge in [0.15, 0.2) is 0 Å². The van der Waals surface area contributed by atoms with Crippen molar-refractivity contribution in [3.05, 3.63) is 70.2 Å². The fourth-order valence-corrected chi connectivity index (χ4v) is 5.79. The molecule has 0 fully saturated rings. The Morgan fingerprint density at radius 1 is 0.925 bits per heavy atom. The van der Waals surface area contributed by atoms with Gasteiger partial charge in [-0.3, -0.25) is 4.90 Å². The number of unbranched alkanes of at least 4 members (excludes halogenated alkanes) is 11. The monoisotopic (exact) mass is 585 g/mol. The molecule has 2 aromatic rings. The van der Waals surface area contributed by atoms with Crippen LogP contribution in [0.1, 0.15) is 95.1 Å². The number of hydrogen-bond donors (Lipinski definition) is 1. The largest absolute Gasteiger partial charge is 0.492 e. The normalized spacial score (nSPS) is 12.6. The van der Waals surface area contributed by atoms with Crippen molar-refractivity contribution in [3.8, 4) is 5.75 Å². The Labute approximate surface area is 251 Å². The molecule has 40 heavy (non-hydrogen) atoms. The molecule has 7 heteroatoms. The quantitative estimate of drug-likeness (QED) is 0.167. The van der Waals surface area contributed by atoms with Gasteiger partial charge in [0.25, 0.3) is 0 Å². The number of nitrogens with one attached hydrogen (secondary N) is 1. The molecule has 0 saturated heterocycles. The predicted octanol–water partition coefficient (Wildman–Crippen LogP) is 9.74. The van der Waals surface area contributed by atoms with E-state index in [4.69, 9.17) is 16.3 Å². The molecule has 5 nitrogen and oxygen atoms in total. The third-order valence-corrected chi connectivity index (χ3v) is 8.40. The Hall–Kier alpha value is -2.31. The lowest BCUT2D eigenvalue weighted by Crippen LogP contribution is -2.37. The van der Waals surface area contributed by atoms with Crippen molar-refractivity contribution in [1.29, 1.82) is 0 Å². The van der Waals surface area contributed by atoms with E-state index in [-0.39, 0.29) is 6.03 Å². The van der Waals surface area contributed by atoms with Gasteiger partial charge in [0, 0.05) is 25.5 Å². The van der Waals surface area contributed by atoms with Crippen LogP contribution in [0, 0.1) is 0 Å². The molecule has 0 radical (unpaired) electrons. The van der Waals surface area contributed by atoms with Crippen molar-refractivity contribution in [2.24, 2.45) is 0 Å². The van der Waals surface area contributed by atoms with E-state index in [2.05, 4.69) is 40.9 Å². The maximum atomic E-state index is 12.8. The summed E-state index contributed by atoms with van der Waals surface area (Å²) in [6.07, 6.45) is 17.9. The van der Waals surface area contributed by atoms with E-state index in [1.54, 1.807) is 23.7 Å². The van der Waals surface area contributed by atoms with Gasteiger partial charge >= 0.3 is 6.03 Å². The van der Waals surface area contributed by atoms with Crippen LogP contribution >= 0.6 is 23.4 Å². The summed E-state index contributed by atoms with van der Waals surface area (Å²) in [5.74, 6) is 1.66. The van der Waals surface area contributed by atoms with Gasteiger partial charge in [-0.2, -0.15) is 0 Å². The zero-order chi connectivity index (χ0) is 28.4. The summed E-state index contributed by atoms with van der Waals surface area (Å²) in [5.41, 5.74) is 3.04. The van der Waals surface area contributed by atoms with Gasteiger partial charge in [0.05, 0.1) is 24.1 Å². The van der Waals surface area contributed by atoms with Crippen molar-refractivity contribution >= 4 is 35.1 Å². The molecule has 1 N–H and O–H groups in total. The van der Waals surface area contributed by atoms with Crippen LogP contribution in [0.2, 0.25) is 5.02 Å². The molecule has 2 amide bonds. The second-order valence-electron chi connectivity index (χ2n) is 10.6. The first kappa shape index (κ1) is 32.2. The van der Waals surface area contributed by atoms with Crippen LogP contribution in [0.15, 0.2) is 54.1 Å². The maximum absolute atomic E-state index is 12.8. The number of hydrogen-bond acceptors (Lipinski definition) is 4. The van der Waals surface area contributed by atoms with Crippen LogP contribution in [0.5, 0.6) is 5.75 Å². The summed E-state index contributed by atoms with van der Waals surface area (Å²) in [5, 5.41) is 5.49. The van der Waals surface area contributed by atoms with E-state index in [1.165, 1.54) is 76.2 Å². The molecule has 1 heterocycles. The highest BCUT2D eigenvalue weighted by atomic mass is 35.5. The summed E-state index contributed by atoms with van der Waals surface area (Å²) in [4.78, 5) is 16.8. The van der Waals surface area contributed by atoms with Crippen LogP contribution in [0.25, 0.3) is 0 Å². The number of ether oxygens (including phenoxy) is 1. The lowest BCUT2D eigenvalue weighted by molar-refractivity contribution is 0.248. The molecule has 1 aliphatic heterocycles. The highest BCUT2D eigenvalue weighted by Gasteiger charge is 2.16. The second kappa shape index (κ2) is 18.9. The number of halogens is 1. The van der Waals surface area contributed by atoms with Crippen molar-refractivity contribution in [2.75, 3.05) is 24.4 Å². The molecule has 2 aromatic carbocycles. The lowest BCUT2D eigenvalue weighted by atomic mass is 10.1. The number of rotatable bonds is 19. The number of carbonyl (C=O) groups excluding carboxylic acids is 1. The molecule has 1 aliphatic rings. The Balaban J connectivity index is 1.42. The van der Waals surface area contributed by atoms with Crippen molar-refractivity contribution in [3.63, 3.8) is 0 Å². The van der Waals surface area contributed by atoms with Gasteiger partial charge < -0.3 is 15.0 Å². The first-order valence-electron chi connectivity index (χ1n) is 15.1. The molecule has 0 aliphatic carbocycles. The van der Waals surface area contributed by atoms with E-state index in [0.29, 0.717) is 23.9 Å². The van der Waals surface area contributed by atoms with Crippen LogP contribution < -0.4 is 15.0 Å². The molecular weight excluding hydrogens is 538 g/mol. The molecule has 0 unspecified atom stereocenters. The standard InChI is InChI=1S/C33H48ClN3O2S/c1-3-4-5-6-7-8-9-10-11-12-13-14-22-39-32-24-29(17-20-31(32)34)26-37(33(38)35-2)30-18-15-28(16-19-30)25-36-21-23-40-27-36/h15-21,23-24H,3-14,22,25-27H2,1-2H3,(H,35,38). The summed E-state index contributed by atoms with van der Waals surface area (Å²) < 4.78 is 6.06. The van der Waals surface area contributed by atoms with Crippen molar-refractivity contribution in [1.82, 2.24) is 10.2 Å². The minimum atomic E-state index is -0.152. The number of carbonyl (C=O) groups is 1. The Morgan fingerprint density at radius 3 is 2.15 bits per heavy atom. The van der Waals surface area contributed by atoms with Gasteiger partial charge in [-0.15, -0.1) is 11.8 Å². The highest BCUT2D eigenvalue weighted by molar-refractivity contribution is 8.02. The number of benzene rings is 2. The van der Waals surface area contributed by atoms with E-state index in [9.17, 15) is 4.79 Å². The fourth-order valence-electron chi connectivity index (χ4n) is 4.90. The third-order valence-electron chi connectivity index (χ3n) is 7.29. The number of anilines is 1. The topological polar surface area (TPSA) is 44.8 Å². The van der Waals surface area contributed by atoms with Crippen LogP contribution in [-0.2, 0) is 13.1 Å². The second-order valence-corrected chi connectivity index (χ2v) is 11.9. The van der Waals surface area contributed by atoms with Gasteiger partial charge in [-0.1, -0.05) is 107 Å². The number of urea groups is 1. The van der Waals surface area contributed by atoms with E-state index in [1.807, 2.05) is 30.3 Å². The lowest BCUT2D eigenvalue weighted by Gasteiger charge is -2.23. The van der Waals surface area contributed by atoms with Crippen LogP contribution in [0.3, 0.4) is 0 Å². The first-order valence-corrected chi connectivity index (χ1v) is 16.5. The molecule has 0 spiro atoms. The SMILES string of the molecule is CCCCCCCCCCCCCCOc1cc(CN(C(=O)NC)c2ccc(CN3C=CSC3)cc2)ccc1Cl. The fraction of sp³-hybridized carbons (Fsp3) is 0.545. The van der Waals surface area contributed by atoms with Gasteiger partial charge in [0.1, 0.15) is 5.75 Å². The summed E-state index contributed by atoms with van der Waals surface area (Å²) in [6.45, 7) is 4.22. The zero-order valence-electron chi connectivity index (χ0n) is 24.5. The third kappa shape index (κ3) is 11.7. The summed E-state index contributed by atoms with van der Waals surface area (Å²) >= 11 is 8.25. The van der Waals surface area contributed by atoms with Gasteiger partial charge in [-0.05, 0) is 47.2 Å². The smallest absolute Gasteiger partial charge is 0.321 e. The van der Waals surface area contributed by atoms with Crippen molar-refractivity contribution < 1.29 is 9.53 Å². The maximum Gasteiger partial charge on any atom is 0.321 e. The predicted molar refractivity (Wildman–Crippen MR) is 172 cm³/mol. The molecule has 0 bridgehead atoms. The van der Waals surface area contributed by atoms with Crippen molar-refractivity contribution in [2.45, 2.75) is 97.1 Å².